The lowest BCUT2D eigenvalue weighted by atomic mass is 10.1. The summed E-state index contributed by atoms with van der Waals surface area (Å²) in [6.07, 6.45) is 2.91. The van der Waals surface area contributed by atoms with Crippen molar-refractivity contribution in [3.63, 3.8) is 0 Å². The van der Waals surface area contributed by atoms with E-state index < -0.39 is 0 Å². The topological polar surface area (TPSA) is 67.2 Å². The van der Waals surface area contributed by atoms with Gasteiger partial charge in [0.15, 0.2) is 0 Å². The van der Waals surface area contributed by atoms with Gasteiger partial charge in [-0.3, -0.25) is 0 Å². The first-order valence-electron chi connectivity index (χ1n) is 5.21. The van der Waals surface area contributed by atoms with Gasteiger partial charge in [0, 0.05) is 17.6 Å². The summed E-state index contributed by atoms with van der Waals surface area (Å²) in [5, 5.41) is 5.81. The summed E-state index contributed by atoms with van der Waals surface area (Å²) in [4.78, 5) is 11.5. The highest BCUT2D eigenvalue weighted by atomic mass is 16.2. The van der Waals surface area contributed by atoms with Crippen LogP contribution in [0.25, 0.3) is 0 Å². The van der Waals surface area contributed by atoms with Gasteiger partial charge in [-0.1, -0.05) is 0 Å². The maximum atomic E-state index is 11.5. The second-order valence-electron chi connectivity index (χ2n) is 5.12. The van der Waals surface area contributed by atoms with Crippen molar-refractivity contribution in [2.45, 2.75) is 57.7 Å². The van der Waals surface area contributed by atoms with Crippen LogP contribution in [-0.2, 0) is 0 Å². The number of carbonyl (C=O) groups excluding carboxylic acids is 1. The maximum Gasteiger partial charge on any atom is 0.315 e. The lowest BCUT2D eigenvalue weighted by Gasteiger charge is -2.22. The largest absolute Gasteiger partial charge is 0.335 e. The fourth-order valence-electron chi connectivity index (χ4n) is 1.71. The fourth-order valence-corrected chi connectivity index (χ4v) is 1.71. The van der Waals surface area contributed by atoms with Crippen molar-refractivity contribution < 1.29 is 4.79 Å². The van der Waals surface area contributed by atoms with E-state index in [1.165, 1.54) is 0 Å². The Labute approximate surface area is 85.6 Å². The number of amides is 2. The SMILES string of the molecule is CC(C)(C)NC(=O)NC1CCC(N)C1. The zero-order valence-electron chi connectivity index (χ0n) is 9.26. The van der Waals surface area contributed by atoms with E-state index in [9.17, 15) is 4.79 Å². The third kappa shape index (κ3) is 3.96. The maximum absolute atomic E-state index is 11.5. The smallest absolute Gasteiger partial charge is 0.315 e. The molecule has 4 heteroatoms. The van der Waals surface area contributed by atoms with Crippen LogP contribution < -0.4 is 16.4 Å². The lowest BCUT2D eigenvalue weighted by molar-refractivity contribution is 0.228. The van der Waals surface area contributed by atoms with Gasteiger partial charge in [-0.05, 0) is 40.0 Å². The first kappa shape index (κ1) is 11.3. The molecule has 1 aliphatic rings. The molecule has 0 aromatic carbocycles. The highest BCUT2D eigenvalue weighted by Crippen LogP contribution is 2.16. The number of rotatable bonds is 1. The van der Waals surface area contributed by atoms with E-state index in [0.29, 0.717) is 0 Å². The van der Waals surface area contributed by atoms with Gasteiger partial charge in [0.1, 0.15) is 0 Å². The molecule has 4 N–H and O–H groups in total. The van der Waals surface area contributed by atoms with Crippen LogP contribution in [0, 0.1) is 0 Å². The number of urea groups is 1. The van der Waals surface area contributed by atoms with Gasteiger partial charge >= 0.3 is 6.03 Å². The van der Waals surface area contributed by atoms with E-state index in [-0.39, 0.29) is 23.7 Å². The predicted octanol–water partition coefficient (Wildman–Crippen LogP) is 0.964. The Hall–Kier alpha value is -0.770. The third-order valence-corrected chi connectivity index (χ3v) is 2.30. The molecule has 1 saturated carbocycles. The van der Waals surface area contributed by atoms with E-state index in [1.54, 1.807) is 0 Å². The second kappa shape index (κ2) is 4.17. The number of carbonyl (C=O) groups is 1. The second-order valence-corrected chi connectivity index (χ2v) is 5.12. The van der Waals surface area contributed by atoms with Crippen molar-refractivity contribution in [3.05, 3.63) is 0 Å². The van der Waals surface area contributed by atoms with Crippen LogP contribution >= 0.6 is 0 Å². The zero-order chi connectivity index (χ0) is 10.8. The molecule has 0 bridgehead atoms. The molecular weight excluding hydrogens is 178 g/mol. The average molecular weight is 199 g/mol. The zero-order valence-corrected chi connectivity index (χ0v) is 9.26. The Morgan fingerprint density at radius 2 is 2.00 bits per heavy atom. The number of hydrogen-bond acceptors (Lipinski definition) is 2. The summed E-state index contributed by atoms with van der Waals surface area (Å²) in [7, 11) is 0. The van der Waals surface area contributed by atoms with Crippen molar-refractivity contribution in [1.29, 1.82) is 0 Å². The molecule has 0 aliphatic heterocycles. The summed E-state index contributed by atoms with van der Waals surface area (Å²) in [6.45, 7) is 5.90. The van der Waals surface area contributed by atoms with E-state index >= 15 is 0 Å². The van der Waals surface area contributed by atoms with Crippen LogP contribution in [0.4, 0.5) is 4.79 Å². The van der Waals surface area contributed by atoms with E-state index in [4.69, 9.17) is 5.73 Å². The molecule has 82 valence electrons. The molecule has 0 radical (unpaired) electrons. The summed E-state index contributed by atoms with van der Waals surface area (Å²) in [5.74, 6) is 0. The van der Waals surface area contributed by atoms with Crippen molar-refractivity contribution in [2.75, 3.05) is 0 Å². The van der Waals surface area contributed by atoms with Gasteiger partial charge in [-0.25, -0.2) is 4.79 Å². The Morgan fingerprint density at radius 1 is 1.36 bits per heavy atom. The quantitative estimate of drug-likeness (QED) is 0.589. The van der Waals surface area contributed by atoms with Crippen LogP contribution in [-0.4, -0.2) is 23.7 Å². The summed E-state index contributed by atoms with van der Waals surface area (Å²) in [6, 6.07) is 0.430. The molecule has 2 unspecified atom stereocenters. The molecular formula is C10H21N3O. The van der Waals surface area contributed by atoms with Gasteiger partial charge in [-0.2, -0.15) is 0 Å². The third-order valence-electron chi connectivity index (χ3n) is 2.30. The van der Waals surface area contributed by atoms with Crippen LogP contribution in [0.2, 0.25) is 0 Å². The molecule has 0 spiro atoms. The molecule has 2 amide bonds. The van der Waals surface area contributed by atoms with Crippen LogP contribution in [0.1, 0.15) is 40.0 Å². The lowest BCUT2D eigenvalue weighted by Crippen LogP contribution is -2.49. The van der Waals surface area contributed by atoms with Gasteiger partial charge in [0.25, 0.3) is 0 Å². The van der Waals surface area contributed by atoms with E-state index in [1.807, 2.05) is 20.8 Å². The molecule has 0 aromatic heterocycles. The number of nitrogens with one attached hydrogen (secondary N) is 2. The molecule has 1 aliphatic carbocycles. The molecule has 14 heavy (non-hydrogen) atoms. The van der Waals surface area contributed by atoms with E-state index in [0.717, 1.165) is 19.3 Å². The molecule has 2 atom stereocenters. The minimum atomic E-state index is -0.176. The molecule has 0 heterocycles. The highest BCUT2D eigenvalue weighted by molar-refractivity contribution is 5.75. The van der Waals surface area contributed by atoms with Crippen LogP contribution in [0.5, 0.6) is 0 Å². The van der Waals surface area contributed by atoms with Crippen molar-refractivity contribution in [1.82, 2.24) is 10.6 Å². The highest BCUT2D eigenvalue weighted by Gasteiger charge is 2.24. The van der Waals surface area contributed by atoms with Crippen LogP contribution in [0.15, 0.2) is 0 Å². The Kier molecular flexibility index (Phi) is 3.37. The van der Waals surface area contributed by atoms with Crippen molar-refractivity contribution in [2.24, 2.45) is 5.73 Å². The standard InChI is InChI=1S/C10H21N3O/c1-10(2,3)13-9(14)12-8-5-4-7(11)6-8/h7-8H,4-6,11H2,1-3H3,(H2,12,13,14). The number of hydrogen-bond donors (Lipinski definition) is 3. The monoisotopic (exact) mass is 199 g/mol. The first-order valence-corrected chi connectivity index (χ1v) is 5.21. The Morgan fingerprint density at radius 3 is 2.43 bits per heavy atom. The van der Waals surface area contributed by atoms with Crippen LogP contribution in [0.3, 0.4) is 0 Å². The molecule has 4 nitrogen and oxygen atoms in total. The molecule has 0 saturated heterocycles. The summed E-state index contributed by atoms with van der Waals surface area (Å²) < 4.78 is 0. The normalized spacial score (nSPS) is 27.4. The van der Waals surface area contributed by atoms with Gasteiger partial charge in [0.2, 0.25) is 0 Å². The Balaban J connectivity index is 2.27. The number of nitrogens with two attached hydrogens (primary N) is 1. The minimum absolute atomic E-state index is 0.0865. The van der Waals surface area contributed by atoms with Gasteiger partial charge in [0.05, 0.1) is 0 Å². The molecule has 1 rings (SSSR count). The minimum Gasteiger partial charge on any atom is -0.335 e. The first-order chi connectivity index (χ1) is 6.37. The average Bonchev–Trinajstić information content (AvgIpc) is 2.30. The van der Waals surface area contributed by atoms with E-state index in [2.05, 4.69) is 10.6 Å². The molecule has 0 aromatic rings. The predicted molar refractivity (Wildman–Crippen MR) is 57.0 cm³/mol. The fraction of sp³-hybridized carbons (Fsp3) is 0.900. The summed E-state index contributed by atoms with van der Waals surface area (Å²) in [5.41, 5.74) is 5.58. The molecule has 1 fully saturated rings. The van der Waals surface area contributed by atoms with Gasteiger partial charge in [-0.15, -0.1) is 0 Å². The van der Waals surface area contributed by atoms with Crippen molar-refractivity contribution in [3.8, 4) is 0 Å². The van der Waals surface area contributed by atoms with Crippen molar-refractivity contribution >= 4 is 6.03 Å². The Bertz CT molecular complexity index is 210. The summed E-state index contributed by atoms with van der Waals surface area (Å²) >= 11 is 0. The van der Waals surface area contributed by atoms with Gasteiger partial charge < -0.3 is 16.4 Å².